The lowest BCUT2D eigenvalue weighted by Gasteiger charge is -2.09. The third-order valence-corrected chi connectivity index (χ3v) is 4.16. The summed E-state index contributed by atoms with van der Waals surface area (Å²) < 4.78 is 45.1. The molecule has 2 aromatic heterocycles. The number of alkyl halides is 3. The van der Waals surface area contributed by atoms with Crippen LogP contribution in [0.4, 0.5) is 13.2 Å². The van der Waals surface area contributed by atoms with Crippen molar-refractivity contribution >= 4 is 5.65 Å². The van der Waals surface area contributed by atoms with Gasteiger partial charge in [-0.05, 0) is 55.0 Å². The van der Waals surface area contributed by atoms with Crippen molar-refractivity contribution in [3.05, 3.63) is 72.1 Å². The molecule has 0 saturated carbocycles. The summed E-state index contributed by atoms with van der Waals surface area (Å²) >= 11 is 0. The van der Waals surface area contributed by atoms with Crippen molar-refractivity contribution < 1.29 is 17.9 Å². The Labute approximate surface area is 158 Å². The van der Waals surface area contributed by atoms with Crippen LogP contribution in [0.2, 0.25) is 0 Å². The van der Waals surface area contributed by atoms with Crippen molar-refractivity contribution in [3.8, 4) is 22.8 Å². The summed E-state index contributed by atoms with van der Waals surface area (Å²) in [7, 11) is 0. The van der Waals surface area contributed by atoms with Crippen LogP contribution in [-0.2, 0) is 6.42 Å². The maximum atomic E-state index is 12.7. The fourth-order valence-electron chi connectivity index (χ4n) is 2.77. The maximum Gasteiger partial charge on any atom is 0.396 e. The standard InChI is InChI=1S/C20H15F3N4O/c1-13-4-2-3-5-17(13)28-15-8-6-14(7-9-15)16-10-11-18-24-25-19(27(18)26-16)12-20(21,22)23/h2-11H,12H2,1H3. The molecule has 5 nitrogen and oxygen atoms in total. The number of para-hydroxylation sites is 1. The molecule has 0 radical (unpaired) electrons. The van der Waals surface area contributed by atoms with Crippen molar-refractivity contribution in [2.75, 3.05) is 0 Å². The third-order valence-electron chi connectivity index (χ3n) is 4.16. The van der Waals surface area contributed by atoms with Gasteiger partial charge >= 0.3 is 6.18 Å². The van der Waals surface area contributed by atoms with Gasteiger partial charge in [0.15, 0.2) is 11.5 Å². The summed E-state index contributed by atoms with van der Waals surface area (Å²) in [4.78, 5) is 0. The van der Waals surface area contributed by atoms with Gasteiger partial charge in [0, 0.05) is 5.56 Å². The normalized spacial score (nSPS) is 11.7. The average Bonchev–Trinajstić information content (AvgIpc) is 3.05. The van der Waals surface area contributed by atoms with Gasteiger partial charge in [-0.3, -0.25) is 0 Å². The summed E-state index contributed by atoms with van der Waals surface area (Å²) in [6.45, 7) is 1.96. The third kappa shape index (κ3) is 3.80. The molecule has 0 spiro atoms. The number of aryl methyl sites for hydroxylation is 1. The van der Waals surface area contributed by atoms with Crippen molar-refractivity contribution in [2.24, 2.45) is 0 Å². The van der Waals surface area contributed by atoms with Crippen LogP contribution >= 0.6 is 0 Å². The van der Waals surface area contributed by atoms with E-state index in [1.54, 1.807) is 36.4 Å². The Balaban J connectivity index is 1.61. The van der Waals surface area contributed by atoms with E-state index in [1.807, 2.05) is 31.2 Å². The highest BCUT2D eigenvalue weighted by Gasteiger charge is 2.30. The molecule has 2 aromatic carbocycles. The summed E-state index contributed by atoms with van der Waals surface area (Å²) in [6.07, 6.45) is -5.57. The Bertz CT molecular complexity index is 1120. The fourth-order valence-corrected chi connectivity index (χ4v) is 2.77. The first kappa shape index (κ1) is 18.0. The molecule has 8 heteroatoms. The number of fused-ring (bicyclic) bond motifs is 1. The Morgan fingerprint density at radius 3 is 2.39 bits per heavy atom. The van der Waals surface area contributed by atoms with Gasteiger partial charge in [-0.25, -0.2) is 0 Å². The number of ether oxygens (including phenoxy) is 1. The molecule has 4 aromatic rings. The number of aromatic nitrogens is 4. The maximum absolute atomic E-state index is 12.7. The molecule has 0 aliphatic rings. The van der Waals surface area contributed by atoms with Crippen molar-refractivity contribution in [1.82, 2.24) is 19.8 Å². The SMILES string of the molecule is Cc1ccccc1Oc1ccc(-c2ccc3nnc(CC(F)(F)F)n3n2)cc1. The highest BCUT2D eigenvalue weighted by Crippen LogP contribution is 2.27. The first-order chi connectivity index (χ1) is 13.4. The van der Waals surface area contributed by atoms with Crippen LogP contribution in [0, 0.1) is 6.92 Å². The van der Waals surface area contributed by atoms with Crippen molar-refractivity contribution in [3.63, 3.8) is 0 Å². The molecular formula is C20H15F3N4O. The van der Waals surface area contributed by atoms with E-state index >= 15 is 0 Å². The average molecular weight is 384 g/mol. The topological polar surface area (TPSA) is 52.3 Å². The van der Waals surface area contributed by atoms with Gasteiger partial charge < -0.3 is 4.74 Å². The van der Waals surface area contributed by atoms with Crippen LogP contribution in [0.5, 0.6) is 11.5 Å². The van der Waals surface area contributed by atoms with E-state index in [4.69, 9.17) is 4.74 Å². The van der Waals surface area contributed by atoms with Gasteiger partial charge in [0.2, 0.25) is 0 Å². The van der Waals surface area contributed by atoms with Gasteiger partial charge in [-0.2, -0.15) is 22.8 Å². The fraction of sp³-hybridized carbons (Fsp3) is 0.150. The van der Waals surface area contributed by atoms with E-state index in [9.17, 15) is 13.2 Å². The van der Waals surface area contributed by atoms with Crippen LogP contribution in [0.3, 0.4) is 0 Å². The molecule has 0 amide bonds. The van der Waals surface area contributed by atoms with Crippen LogP contribution in [0.15, 0.2) is 60.7 Å². The minimum absolute atomic E-state index is 0.246. The zero-order valence-corrected chi connectivity index (χ0v) is 14.8. The molecule has 0 atom stereocenters. The molecular weight excluding hydrogens is 369 g/mol. The van der Waals surface area contributed by atoms with Gasteiger partial charge in [-0.1, -0.05) is 18.2 Å². The first-order valence-electron chi connectivity index (χ1n) is 8.51. The molecule has 0 N–H and O–H groups in total. The summed E-state index contributed by atoms with van der Waals surface area (Å²) in [5.74, 6) is 1.17. The molecule has 2 heterocycles. The Hall–Kier alpha value is -3.42. The molecule has 142 valence electrons. The van der Waals surface area contributed by atoms with Gasteiger partial charge in [0.25, 0.3) is 0 Å². The number of hydrogen-bond acceptors (Lipinski definition) is 4. The number of nitrogens with zero attached hydrogens (tertiary/aromatic N) is 4. The van der Waals surface area contributed by atoms with Gasteiger partial charge in [0.1, 0.15) is 17.9 Å². The molecule has 0 unspecified atom stereocenters. The Kier molecular flexibility index (Phi) is 4.46. The van der Waals surface area contributed by atoms with Crippen molar-refractivity contribution in [2.45, 2.75) is 19.5 Å². The van der Waals surface area contributed by atoms with Crippen LogP contribution in [0.1, 0.15) is 11.4 Å². The van der Waals surface area contributed by atoms with E-state index in [-0.39, 0.29) is 11.5 Å². The molecule has 4 rings (SSSR count). The number of rotatable bonds is 4. The van der Waals surface area contributed by atoms with E-state index in [2.05, 4.69) is 15.3 Å². The Morgan fingerprint density at radius 2 is 1.68 bits per heavy atom. The van der Waals surface area contributed by atoms with E-state index in [1.165, 1.54) is 0 Å². The molecule has 28 heavy (non-hydrogen) atoms. The lowest BCUT2D eigenvalue weighted by Crippen LogP contribution is -2.15. The predicted molar refractivity (Wildman–Crippen MR) is 97.2 cm³/mol. The zero-order valence-electron chi connectivity index (χ0n) is 14.8. The second kappa shape index (κ2) is 6.95. The highest BCUT2D eigenvalue weighted by molar-refractivity contribution is 5.61. The molecule has 0 fully saturated rings. The summed E-state index contributed by atoms with van der Waals surface area (Å²) in [5.41, 5.74) is 2.54. The highest BCUT2D eigenvalue weighted by atomic mass is 19.4. The molecule has 0 aliphatic carbocycles. The lowest BCUT2D eigenvalue weighted by molar-refractivity contribution is -0.128. The van der Waals surface area contributed by atoms with E-state index in [0.717, 1.165) is 21.4 Å². The minimum atomic E-state index is -4.38. The second-order valence-corrected chi connectivity index (χ2v) is 6.29. The molecule has 0 saturated heterocycles. The van der Waals surface area contributed by atoms with Gasteiger partial charge in [-0.15, -0.1) is 10.2 Å². The quantitative estimate of drug-likeness (QED) is 0.497. The summed E-state index contributed by atoms with van der Waals surface area (Å²) in [6, 6.07) is 18.1. The first-order valence-corrected chi connectivity index (χ1v) is 8.51. The predicted octanol–water partition coefficient (Wildman–Crippen LogP) is 5.00. The van der Waals surface area contributed by atoms with E-state index in [0.29, 0.717) is 11.4 Å². The minimum Gasteiger partial charge on any atom is -0.457 e. The lowest BCUT2D eigenvalue weighted by atomic mass is 10.1. The number of hydrogen-bond donors (Lipinski definition) is 0. The largest absolute Gasteiger partial charge is 0.457 e. The van der Waals surface area contributed by atoms with Crippen molar-refractivity contribution in [1.29, 1.82) is 0 Å². The second-order valence-electron chi connectivity index (χ2n) is 6.29. The van der Waals surface area contributed by atoms with Crippen LogP contribution < -0.4 is 4.74 Å². The monoisotopic (exact) mass is 384 g/mol. The Morgan fingerprint density at radius 1 is 0.929 bits per heavy atom. The van der Waals surface area contributed by atoms with Gasteiger partial charge in [0.05, 0.1) is 5.69 Å². The molecule has 0 bridgehead atoms. The van der Waals surface area contributed by atoms with E-state index < -0.39 is 12.6 Å². The molecule has 0 aliphatic heterocycles. The smallest absolute Gasteiger partial charge is 0.396 e. The zero-order chi connectivity index (χ0) is 19.7. The van der Waals surface area contributed by atoms with Crippen LogP contribution in [0.25, 0.3) is 16.9 Å². The summed E-state index contributed by atoms with van der Waals surface area (Å²) in [5, 5.41) is 11.6. The number of halogens is 3. The number of benzene rings is 2. The van der Waals surface area contributed by atoms with Crippen LogP contribution in [-0.4, -0.2) is 26.0 Å².